The number of unbranched alkanes of at least 4 members (excludes halogenated alkanes) is 1. The summed E-state index contributed by atoms with van der Waals surface area (Å²) in [6.07, 6.45) is 1.72. The number of carboxylic acid groups (broad SMARTS) is 1. The van der Waals surface area contributed by atoms with Gasteiger partial charge in [0.05, 0.1) is 6.61 Å². The highest BCUT2D eigenvalue weighted by atomic mass is 35.5. The predicted molar refractivity (Wildman–Crippen MR) is 91.0 cm³/mol. The molecule has 0 heterocycles. The molecule has 0 bridgehead atoms. The molecule has 0 aliphatic rings. The first-order valence-corrected chi connectivity index (χ1v) is 6.65. The van der Waals surface area contributed by atoms with Gasteiger partial charge in [0.25, 0.3) is 0 Å². The number of hydrogen-bond donors (Lipinski definition) is 1. The Bertz CT molecular complexity index is 396. The standard InChI is InChI=1S/C15H23NO3.2ClH/c1-4-5-6-14(15(17)18)19-11-12-7-9-13(10-8-12)16(2)3;;/h7-10,14H,4-6,11H2,1-3H3,(H,17,18);2*1H. The molecular weight excluding hydrogens is 313 g/mol. The zero-order chi connectivity index (χ0) is 14.3. The minimum atomic E-state index is -0.877. The summed E-state index contributed by atoms with van der Waals surface area (Å²) in [7, 11) is 3.97. The van der Waals surface area contributed by atoms with Crippen molar-refractivity contribution >= 4 is 36.5 Å². The third kappa shape index (κ3) is 8.15. The van der Waals surface area contributed by atoms with Crippen LogP contribution >= 0.6 is 24.8 Å². The molecule has 0 saturated heterocycles. The first-order valence-electron chi connectivity index (χ1n) is 6.65. The van der Waals surface area contributed by atoms with E-state index in [1.165, 1.54) is 0 Å². The number of ether oxygens (including phenoxy) is 1. The molecule has 1 unspecified atom stereocenters. The number of benzene rings is 1. The minimum Gasteiger partial charge on any atom is -0.479 e. The van der Waals surface area contributed by atoms with E-state index >= 15 is 0 Å². The number of anilines is 1. The van der Waals surface area contributed by atoms with E-state index in [2.05, 4.69) is 0 Å². The first kappa shape index (κ1) is 22.3. The minimum absolute atomic E-state index is 0. The normalized spacial score (nSPS) is 11.0. The lowest BCUT2D eigenvalue weighted by atomic mass is 10.1. The van der Waals surface area contributed by atoms with Crippen LogP contribution in [0.3, 0.4) is 0 Å². The highest BCUT2D eigenvalue weighted by Gasteiger charge is 2.17. The molecule has 0 aliphatic heterocycles. The number of rotatable bonds is 8. The van der Waals surface area contributed by atoms with Crippen LogP contribution in [-0.2, 0) is 16.1 Å². The maximum atomic E-state index is 11.0. The van der Waals surface area contributed by atoms with Gasteiger partial charge >= 0.3 is 5.97 Å². The highest BCUT2D eigenvalue weighted by molar-refractivity contribution is 5.85. The number of halogens is 2. The monoisotopic (exact) mass is 337 g/mol. The summed E-state index contributed by atoms with van der Waals surface area (Å²) in [5.74, 6) is -0.877. The summed E-state index contributed by atoms with van der Waals surface area (Å²) in [5.41, 5.74) is 2.11. The Morgan fingerprint density at radius 3 is 2.24 bits per heavy atom. The highest BCUT2D eigenvalue weighted by Crippen LogP contribution is 2.14. The van der Waals surface area contributed by atoms with Crippen molar-refractivity contribution < 1.29 is 14.6 Å². The van der Waals surface area contributed by atoms with Crippen LogP contribution in [0, 0.1) is 0 Å². The molecule has 0 spiro atoms. The van der Waals surface area contributed by atoms with Gasteiger partial charge in [-0.15, -0.1) is 24.8 Å². The lowest BCUT2D eigenvalue weighted by molar-refractivity contribution is -0.151. The molecule has 0 aromatic heterocycles. The molecule has 6 heteroatoms. The van der Waals surface area contributed by atoms with E-state index < -0.39 is 12.1 Å². The number of nitrogens with zero attached hydrogens (tertiary/aromatic N) is 1. The molecule has 0 radical (unpaired) electrons. The van der Waals surface area contributed by atoms with Crippen LogP contribution in [0.2, 0.25) is 0 Å². The summed E-state index contributed by atoms with van der Waals surface area (Å²) in [6, 6.07) is 7.93. The van der Waals surface area contributed by atoms with Gasteiger partial charge in [0.1, 0.15) is 0 Å². The molecule has 4 nitrogen and oxygen atoms in total. The molecule has 1 rings (SSSR count). The van der Waals surface area contributed by atoms with Crippen molar-refractivity contribution in [1.29, 1.82) is 0 Å². The molecule has 0 aliphatic carbocycles. The predicted octanol–water partition coefficient (Wildman–Crippen LogP) is 3.76. The third-order valence-electron chi connectivity index (χ3n) is 3.00. The van der Waals surface area contributed by atoms with Crippen LogP contribution in [-0.4, -0.2) is 31.3 Å². The average molecular weight is 338 g/mol. The molecule has 1 aromatic rings. The van der Waals surface area contributed by atoms with Gasteiger partial charge in [0.2, 0.25) is 0 Å². The van der Waals surface area contributed by atoms with Crippen LogP contribution in [0.25, 0.3) is 0 Å². The van der Waals surface area contributed by atoms with Gasteiger partial charge in [-0.2, -0.15) is 0 Å². The zero-order valence-electron chi connectivity index (χ0n) is 12.7. The Morgan fingerprint density at radius 2 is 1.81 bits per heavy atom. The van der Waals surface area contributed by atoms with Gasteiger partial charge in [0.15, 0.2) is 6.10 Å². The van der Waals surface area contributed by atoms with Gasteiger partial charge in [-0.3, -0.25) is 0 Å². The van der Waals surface area contributed by atoms with Crippen molar-refractivity contribution in [3.63, 3.8) is 0 Å². The molecule has 0 fully saturated rings. The fraction of sp³-hybridized carbons (Fsp3) is 0.533. The van der Waals surface area contributed by atoms with Crippen molar-refractivity contribution in [3.8, 4) is 0 Å². The zero-order valence-corrected chi connectivity index (χ0v) is 14.4. The summed E-state index contributed by atoms with van der Waals surface area (Å²) in [5, 5.41) is 9.06. The summed E-state index contributed by atoms with van der Waals surface area (Å²) in [4.78, 5) is 13.1. The van der Waals surface area contributed by atoms with Crippen LogP contribution in [0.5, 0.6) is 0 Å². The molecule has 1 N–H and O–H groups in total. The lowest BCUT2D eigenvalue weighted by Gasteiger charge is -2.15. The van der Waals surface area contributed by atoms with Crippen molar-refractivity contribution in [2.45, 2.75) is 38.9 Å². The summed E-state index contributed by atoms with van der Waals surface area (Å²) >= 11 is 0. The Kier molecular flexibility index (Phi) is 12.4. The quantitative estimate of drug-likeness (QED) is 0.784. The average Bonchev–Trinajstić information content (AvgIpc) is 2.39. The fourth-order valence-corrected chi connectivity index (χ4v) is 1.75. The van der Waals surface area contributed by atoms with Gasteiger partial charge in [-0.05, 0) is 24.1 Å². The lowest BCUT2D eigenvalue weighted by Crippen LogP contribution is -2.23. The number of aliphatic carboxylic acids is 1. The second-order valence-electron chi connectivity index (χ2n) is 4.84. The molecular formula is C15H25Cl2NO3. The smallest absolute Gasteiger partial charge is 0.332 e. The van der Waals surface area contributed by atoms with Crippen molar-refractivity contribution in [2.24, 2.45) is 0 Å². The van der Waals surface area contributed by atoms with Crippen LogP contribution in [0.1, 0.15) is 31.7 Å². The van der Waals surface area contributed by atoms with Crippen molar-refractivity contribution in [1.82, 2.24) is 0 Å². The topological polar surface area (TPSA) is 49.8 Å². The van der Waals surface area contributed by atoms with Crippen LogP contribution in [0.15, 0.2) is 24.3 Å². The number of carbonyl (C=O) groups is 1. The van der Waals surface area contributed by atoms with Crippen molar-refractivity contribution in [3.05, 3.63) is 29.8 Å². The van der Waals surface area contributed by atoms with Crippen LogP contribution < -0.4 is 4.90 Å². The number of carboxylic acids is 1. The Balaban J connectivity index is 0. The van der Waals surface area contributed by atoms with E-state index in [1.54, 1.807) is 0 Å². The van der Waals surface area contributed by atoms with Gasteiger partial charge < -0.3 is 14.7 Å². The van der Waals surface area contributed by atoms with E-state index in [-0.39, 0.29) is 24.8 Å². The maximum absolute atomic E-state index is 11.0. The SMILES string of the molecule is CCCCC(OCc1ccc(N(C)C)cc1)C(=O)O.Cl.Cl. The number of hydrogen-bond acceptors (Lipinski definition) is 3. The molecule has 21 heavy (non-hydrogen) atoms. The maximum Gasteiger partial charge on any atom is 0.332 e. The van der Waals surface area contributed by atoms with E-state index in [0.29, 0.717) is 13.0 Å². The Hall–Kier alpha value is -0.970. The van der Waals surface area contributed by atoms with E-state index in [4.69, 9.17) is 9.84 Å². The largest absolute Gasteiger partial charge is 0.479 e. The second kappa shape index (κ2) is 11.7. The Labute approximate surface area is 139 Å². The molecule has 1 aromatic carbocycles. The third-order valence-corrected chi connectivity index (χ3v) is 3.00. The fourth-order valence-electron chi connectivity index (χ4n) is 1.75. The van der Waals surface area contributed by atoms with Crippen LogP contribution in [0.4, 0.5) is 5.69 Å². The Morgan fingerprint density at radius 1 is 1.24 bits per heavy atom. The van der Waals surface area contributed by atoms with E-state index in [1.807, 2.05) is 50.2 Å². The second-order valence-corrected chi connectivity index (χ2v) is 4.84. The summed E-state index contributed by atoms with van der Waals surface area (Å²) in [6.45, 7) is 2.38. The summed E-state index contributed by atoms with van der Waals surface area (Å²) < 4.78 is 5.48. The molecule has 0 amide bonds. The first-order chi connectivity index (χ1) is 9.04. The molecule has 122 valence electrons. The molecule has 0 saturated carbocycles. The van der Waals surface area contributed by atoms with Gasteiger partial charge in [-0.25, -0.2) is 4.79 Å². The van der Waals surface area contributed by atoms with Gasteiger partial charge in [0, 0.05) is 19.8 Å². The van der Waals surface area contributed by atoms with E-state index in [9.17, 15) is 4.79 Å². The van der Waals surface area contributed by atoms with E-state index in [0.717, 1.165) is 24.1 Å². The van der Waals surface area contributed by atoms with Gasteiger partial charge in [-0.1, -0.05) is 31.9 Å². The molecule has 1 atom stereocenters. The van der Waals surface area contributed by atoms with Crippen molar-refractivity contribution in [2.75, 3.05) is 19.0 Å².